The predicted octanol–water partition coefficient (Wildman–Crippen LogP) is 6.72. The van der Waals surface area contributed by atoms with Crippen molar-refractivity contribution < 1.29 is 46.4 Å². The summed E-state index contributed by atoms with van der Waals surface area (Å²) < 4.78 is 70.9. The van der Waals surface area contributed by atoms with Gasteiger partial charge in [-0.15, -0.1) is 0 Å². The molecule has 2 heterocycles. The molecule has 0 aliphatic carbocycles. The molecule has 1 aromatic carbocycles. The molecule has 0 amide bonds. The molecule has 0 unspecified atom stereocenters. The lowest BCUT2D eigenvalue weighted by Crippen LogP contribution is -2.53. The van der Waals surface area contributed by atoms with Gasteiger partial charge in [0, 0.05) is 31.9 Å². The molecule has 0 radical (unpaired) electrons. The van der Waals surface area contributed by atoms with Crippen LogP contribution in [0.15, 0.2) is 30.3 Å². The molecule has 2 aliphatic heterocycles. The van der Waals surface area contributed by atoms with Gasteiger partial charge in [-0.3, -0.25) is 4.79 Å². The minimum absolute atomic E-state index is 0.0649. The second kappa shape index (κ2) is 13.9. The van der Waals surface area contributed by atoms with E-state index >= 15 is 0 Å². The van der Waals surface area contributed by atoms with Crippen LogP contribution in [0.5, 0.6) is 0 Å². The van der Waals surface area contributed by atoms with E-state index in [1.807, 2.05) is 0 Å². The zero-order valence-corrected chi connectivity index (χ0v) is 25.0. The number of ether oxygens (including phenoxy) is 5. The molecule has 41 heavy (non-hydrogen) atoms. The molecule has 3 rings (SSSR count). The molecule has 232 valence electrons. The van der Waals surface area contributed by atoms with Crippen LogP contribution in [0.1, 0.15) is 84.6 Å². The second-order valence-corrected chi connectivity index (χ2v) is 11.8. The average Bonchev–Trinajstić information content (AvgIpc) is 2.94. The first-order valence-corrected chi connectivity index (χ1v) is 14.6. The third-order valence-electron chi connectivity index (χ3n) is 8.81. The van der Waals surface area contributed by atoms with Crippen LogP contribution in [-0.4, -0.2) is 56.4 Å². The zero-order valence-electron chi connectivity index (χ0n) is 25.0. The van der Waals surface area contributed by atoms with E-state index in [9.17, 15) is 22.8 Å². The molecular formula is C31H45F3O7. The molecule has 1 spiro atoms. The van der Waals surface area contributed by atoms with Crippen LogP contribution in [0, 0.1) is 17.8 Å². The van der Waals surface area contributed by atoms with Gasteiger partial charge >= 0.3 is 18.1 Å². The molecule has 1 aromatic rings. The first-order chi connectivity index (χ1) is 19.3. The van der Waals surface area contributed by atoms with Crippen LogP contribution in [0.25, 0.3) is 0 Å². The Morgan fingerprint density at radius 3 is 2.22 bits per heavy atom. The van der Waals surface area contributed by atoms with E-state index in [1.54, 1.807) is 13.0 Å². The highest BCUT2D eigenvalue weighted by Gasteiger charge is 2.64. The highest BCUT2D eigenvalue weighted by atomic mass is 19.4. The number of esters is 2. The second-order valence-electron chi connectivity index (χ2n) is 11.8. The number of hydrogen-bond acceptors (Lipinski definition) is 7. The van der Waals surface area contributed by atoms with Crippen molar-refractivity contribution >= 4 is 11.9 Å². The summed E-state index contributed by atoms with van der Waals surface area (Å²) in [6, 6.07) is 6.81. The number of hydrogen-bond donors (Lipinski definition) is 0. The molecule has 2 fully saturated rings. The summed E-state index contributed by atoms with van der Waals surface area (Å²) in [7, 11) is 2.24. The molecule has 2 aliphatic rings. The van der Waals surface area contributed by atoms with Gasteiger partial charge in [-0.25, -0.2) is 4.79 Å². The van der Waals surface area contributed by atoms with E-state index in [2.05, 4.69) is 20.8 Å². The maximum Gasteiger partial charge on any atom is 0.432 e. The average molecular weight is 587 g/mol. The van der Waals surface area contributed by atoms with Gasteiger partial charge in [0.2, 0.25) is 0 Å². The highest BCUT2D eigenvalue weighted by molar-refractivity contribution is 5.82. The molecule has 7 nitrogen and oxygen atoms in total. The number of carbonyl (C=O) groups excluding carboxylic acids is 2. The Balaban J connectivity index is 1.64. The smallest absolute Gasteiger partial charge is 0.432 e. The van der Waals surface area contributed by atoms with Crippen LogP contribution >= 0.6 is 0 Å². The van der Waals surface area contributed by atoms with Crippen molar-refractivity contribution in [3.63, 3.8) is 0 Å². The molecular weight excluding hydrogens is 541 g/mol. The Morgan fingerprint density at radius 1 is 1.00 bits per heavy atom. The Kier molecular flexibility index (Phi) is 11.3. The summed E-state index contributed by atoms with van der Waals surface area (Å²) in [5.41, 5.74) is -3.55. The van der Waals surface area contributed by atoms with E-state index in [0.29, 0.717) is 31.6 Å². The van der Waals surface area contributed by atoms with Crippen molar-refractivity contribution in [3.8, 4) is 0 Å². The summed E-state index contributed by atoms with van der Waals surface area (Å²) in [6.07, 6.45) is -0.969. The normalized spacial score (nSPS) is 29.8. The Morgan fingerprint density at radius 2 is 1.63 bits per heavy atom. The van der Waals surface area contributed by atoms with Crippen LogP contribution in [0.2, 0.25) is 0 Å². The van der Waals surface area contributed by atoms with Gasteiger partial charge in [0.05, 0.1) is 25.4 Å². The number of benzene rings is 1. The Hall–Kier alpha value is -2.17. The SMILES string of the molecule is COC(=O)CC[C@@H](C)[C@@H]1O[C@]2(CC[C@@H](C)[C@H](CC[C@H](C)OC(=O)[C@@](OC)(c3ccccc3)C(F)(F)F)O2)CC[C@@H]1C. The lowest BCUT2D eigenvalue weighted by molar-refractivity contribution is -0.338. The van der Waals surface area contributed by atoms with E-state index in [0.717, 1.165) is 32.8 Å². The third-order valence-corrected chi connectivity index (χ3v) is 8.81. The predicted molar refractivity (Wildman–Crippen MR) is 146 cm³/mol. The topological polar surface area (TPSA) is 80.3 Å². The highest BCUT2D eigenvalue weighted by Crippen LogP contribution is 2.46. The van der Waals surface area contributed by atoms with Crippen molar-refractivity contribution in [2.45, 2.75) is 115 Å². The fourth-order valence-corrected chi connectivity index (χ4v) is 6.13. The monoisotopic (exact) mass is 586 g/mol. The van der Waals surface area contributed by atoms with E-state index < -0.39 is 29.6 Å². The third kappa shape index (κ3) is 7.62. The maximum atomic E-state index is 14.2. The van der Waals surface area contributed by atoms with E-state index in [4.69, 9.17) is 23.7 Å². The molecule has 0 saturated carbocycles. The first-order valence-electron chi connectivity index (χ1n) is 14.6. The number of rotatable bonds is 11. The van der Waals surface area contributed by atoms with Crippen LogP contribution in [0.3, 0.4) is 0 Å². The number of alkyl halides is 3. The van der Waals surface area contributed by atoms with Gasteiger partial charge in [0.1, 0.15) is 0 Å². The largest absolute Gasteiger partial charge is 0.469 e. The molecule has 2 saturated heterocycles. The van der Waals surface area contributed by atoms with Gasteiger partial charge in [0.25, 0.3) is 5.60 Å². The fraction of sp³-hybridized carbons (Fsp3) is 0.742. The van der Waals surface area contributed by atoms with Gasteiger partial charge in [-0.05, 0) is 56.8 Å². The molecule has 8 atom stereocenters. The Bertz CT molecular complexity index is 999. The zero-order chi connectivity index (χ0) is 30.4. The fourth-order valence-electron chi connectivity index (χ4n) is 6.13. The number of halogens is 3. The quantitative estimate of drug-likeness (QED) is 0.266. The van der Waals surface area contributed by atoms with Gasteiger partial charge in [0.15, 0.2) is 5.79 Å². The van der Waals surface area contributed by atoms with Crippen molar-refractivity contribution in [2.75, 3.05) is 14.2 Å². The summed E-state index contributed by atoms with van der Waals surface area (Å²) in [5, 5.41) is 0. The number of carbonyl (C=O) groups is 2. The first kappa shape index (κ1) is 33.3. The minimum atomic E-state index is -5.02. The summed E-state index contributed by atoms with van der Waals surface area (Å²) >= 11 is 0. The molecule has 0 N–H and O–H groups in total. The van der Waals surface area contributed by atoms with Crippen molar-refractivity contribution in [2.24, 2.45) is 17.8 Å². The van der Waals surface area contributed by atoms with Gasteiger partial charge in [-0.2, -0.15) is 13.2 Å². The van der Waals surface area contributed by atoms with Crippen molar-refractivity contribution in [1.82, 2.24) is 0 Å². The molecule has 10 heteroatoms. The minimum Gasteiger partial charge on any atom is -0.469 e. The van der Waals surface area contributed by atoms with Crippen molar-refractivity contribution in [1.29, 1.82) is 0 Å². The van der Waals surface area contributed by atoms with Gasteiger partial charge < -0.3 is 23.7 Å². The maximum absolute atomic E-state index is 14.2. The Labute approximate surface area is 241 Å². The van der Waals surface area contributed by atoms with E-state index in [-0.39, 0.29) is 35.6 Å². The molecule has 0 bridgehead atoms. The van der Waals surface area contributed by atoms with Gasteiger partial charge in [-0.1, -0.05) is 51.1 Å². The lowest BCUT2D eigenvalue weighted by atomic mass is 9.80. The summed E-state index contributed by atoms with van der Waals surface area (Å²) in [5.74, 6) is -1.81. The van der Waals surface area contributed by atoms with Crippen LogP contribution in [0.4, 0.5) is 13.2 Å². The van der Waals surface area contributed by atoms with Crippen molar-refractivity contribution in [3.05, 3.63) is 35.9 Å². The number of methoxy groups -OCH3 is 2. The lowest BCUT2D eigenvalue weighted by Gasteiger charge is -2.51. The summed E-state index contributed by atoms with van der Waals surface area (Å²) in [6.45, 7) is 7.91. The van der Waals surface area contributed by atoms with Crippen LogP contribution < -0.4 is 0 Å². The summed E-state index contributed by atoms with van der Waals surface area (Å²) in [4.78, 5) is 24.7. The standard InChI is InChI=1S/C31H45F3O7/c1-20-16-18-29(19-17-22(3)27(41-29)21(2)12-15-26(35)37-5)40-25(20)14-13-23(4)39-28(36)30(38-6,31(32,33)34)24-10-8-7-9-11-24/h7-11,20-23,25,27H,12-19H2,1-6H3/t20-,21-,22+,23+,25+,27+,29-,30+/m1/s1. The van der Waals surface area contributed by atoms with E-state index in [1.165, 1.54) is 31.4 Å². The van der Waals surface area contributed by atoms with Crippen LogP contribution in [-0.2, 0) is 38.9 Å². The molecule has 0 aromatic heterocycles.